The largest absolute Gasteiger partial charge is 0.456 e. The van der Waals surface area contributed by atoms with Crippen LogP contribution in [0, 0.1) is 9.39 Å². The van der Waals surface area contributed by atoms with E-state index in [1.807, 2.05) is 18.2 Å². The first-order valence-corrected chi connectivity index (χ1v) is 13.3. The molecule has 3 aromatic rings. The van der Waals surface area contributed by atoms with Crippen molar-refractivity contribution in [2.24, 2.45) is 0 Å². The number of benzene rings is 3. The van der Waals surface area contributed by atoms with Gasteiger partial charge in [0.2, 0.25) is 10.0 Å². The van der Waals surface area contributed by atoms with Gasteiger partial charge in [-0.15, -0.1) is 0 Å². The second kappa shape index (κ2) is 10.8. The lowest BCUT2D eigenvalue weighted by Gasteiger charge is -2.36. The minimum absolute atomic E-state index is 0.0616. The Balaban J connectivity index is 1.50. The molecule has 0 saturated carbocycles. The summed E-state index contributed by atoms with van der Waals surface area (Å²) in [6.07, 6.45) is 0.203. The highest BCUT2D eigenvalue weighted by atomic mass is 127. The average molecular weight is 608 g/mol. The monoisotopic (exact) mass is 608 g/mol. The summed E-state index contributed by atoms with van der Waals surface area (Å²) < 4.78 is 47.5. The van der Waals surface area contributed by atoms with Crippen LogP contribution in [0.5, 0.6) is 0 Å². The van der Waals surface area contributed by atoms with Crippen LogP contribution in [-0.4, -0.2) is 37.8 Å². The molecule has 3 aromatic carbocycles. The van der Waals surface area contributed by atoms with E-state index in [9.17, 15) is 22.4 Å². The first-order valence-electron chi connectivity index (χ1n) is 10.8. The van der Waals surface area contributed by atoms with E-state index in [0.717, 1.165) is 21.3 Å². The first kappa shape index (κ1) is 25.3. The van der Waals surface area contributed by atoms with Crippen molar-refractivity contribution >= 4 is 50.2 Å². The highest BCUT2D eigenvalue weighted by Crippen LogP contribution is 2.36. The molecule has 0 radical (unpaired) electrons. The molecule has 4 rings (SSSR count). The Kier molecular flexibility index (Phi) is 7.82. The fraction of sp³-hybridized carbons (Fsp3) is 0.200. The summed E-state index contributed by atoms with van der Waals surface area (Å²) in [6.45, 7) is -0.342. The number of carbonyl (C=O) groups excluding carboxylic acids is 2. The minimum Gasteiger partial charge on any atom is -0.456 e. The maximum Gasteiger partial charge on any atom is 0.308 e. The van der Waals surface area contributed by atoms with E-state index in [1.165, 1.54) is 16.4 Å². The molecule has 0 aromatic heterocycles. The van der Waals surface area contributed by atoms with Crippen LogP contribution in [0.25, 0.3) is 0 Å². The minimum atomic E-state index is -4.01. The molecule has 10 heteroatoms. The number of anilines is 1. The van der Waals surface area contributed by atoms with E-state index in [-0.39, 0.29) is 17.9 Å². The predicted molar refractivity (Wildman–Crippen MR) is 137 cm³/mol. The van der Waals surface area contributed by atoms with Gasteiger partial charge in [0.1, 0.15) is 5.82 Å². The number of halogens is 2. The number of rotatable bonds is 7. The molecule has 182 valence electrons. The maximum absolute atomic E-state index is 13.4. The second-order valence-corrected chi connectivity index (χ2v) is 11.1. The van der Waals surface area contributed by atoms with Gasteiger partial charge in [-0.2, -0.15) is 4.31 Å². The van der Waals surface area contributed by atoms with Crippen molar-refractivity contribution in [2.45, 2.75) is 23.8 Å². The molecule has 1 amide bonds. The third-order valence-electron chi connectivity index (χ3n) is 5.62. The van der Waals surface area contributed by atoms with E-state index in [0.29, 0.717) is 17.7 Å². The van der Waals surface area contributed by atoms with Crippen molar-refractivity contribution in [3.8, 4) is 0 Å². The molecular formula is C25H22FIN2O5S. The highest BCUT2D eigenvalue weighted by Gasteiger charge is 2.37. The number of nitrogens with zero attached hydrogens (tertiary/aromatic N) is 1. The molecule has 35 heavy (non-hydrogen) atoms. The molecule has 0 aliphatic carbocycles. The van der Waals surface area contributed by atoms with Crippen molar-refractivity contribution in [1.82, 2.24) is 4.31 Å². The zero-order valence-corrected chi connectivity index (χ0v) is 21.5. The topological polar surface area (TPSA) is 92.8 Å². The Hall–Kier alpha value is -2.83. The van der Waals surface area contributed by atoms with Crippen molar-refractivity contribution in [2.75, 3.05) is 18.5 Å². The number of sulfonamides is 1. The van der Waals surface area contributed by atoms with Gasteiger partial charge in [-0.25, -0.2) is 12.8 Å². The lowest BCUT2D eigenvalue weighted by Crippen LogP contribution is -2.41. The predicted octanol–water partition coefficient (Wildman–Crippen LogP) is 4.29. The van der Waals surface area contributed by atoms with Crippen LogP contribution in [0.4, 0.5) is 10.1 Å². The van der Waals surface area contributed by atoms with Gasteiger partial charge in [-0.3, -0.25) is 9.59 Å². The molecule has 1 N–H and O–H groups in total. The van der Waals surface area contributed by atoms with Gasteiger partial charge < -0.3 is 10.1 Å². The van der Waals surface area contributed by atoms with E-state index < -0.39 is 40.4 Å². The fourth-order valence-corrected chi connectivity index (χ4v) is 6.14. The number of fused-ring (bicyclic) bond motifs is 1. The summed E-state index contributed by atoms with van der Waals surface area (Å²) in [5.41, 5.74) is 2.22. The van der Waals surface area contributed by atoms with E-state index in [4.69, 9.17) is 4.74 Å². The van der Waals surface area contributed by atoms with Gasteiger partial charge >= 0.3 is 5.97 Å². The Morgan fingerprint density at radius 2 is 1.80 bits per heavy atom. The molecule has 1 aliphatic rings. The van der Waals surface area contributed by atoms with Crippen LogP contribution in [-0.2, 0) is 30.8 Å². The fourth-order valence-electron chi connectivity index (χ4n) is 4.00. The third-order valence-corrected chi connectivity index (χ3v) is 8.21. The molecular weight excluding hydrogens is 586 g/mol. The molecule has 0 saturated heterocycles. The Bertz CT molecular complexity index is 1350. The smallest absolute Gasteiger partial charge is 0.308 e. The maximum atomic E-state index is 13.4. The normalized spacial score (nSPS) is 15.8. The average Bonchev–Trinajstić information content (AvgIpc) is 2.83. The summed E-state index contributed by atoms with van der Waals surface area (Å²) in [5.74, 6) is -1.75. The third kappa shape index (κ3) is 6.06. The van der Waals surface area contributed by atoms with Crippen molar-refractivity contribution in [3.05, 3.63) is 93.3 Å². The molecule has 1 atom stereocenters. The summed E-state index contributed by atoms with van der Waals surface area (Å²) in [5, 5.41) is 2.66. The Labute approximate surface area is 216 Å². The van der Waals surface area contributed by atoms with Crippen LogP contribution >= 0.6 is 22.6 Å². The standard InChI is InChI=1S/C25H22FIN2O5S/c26-18-8-10-21(11-9-18)35(32,33)29-13-12-17-4-1-2-7-22(17)23(29)15-25(31)34-16-24(30)28-20-6-3-5-19(27)14-20/h1-11,14,23H,12-13,15-16H2,(H,28,30). The van der Waals surface area contributed by atoms with Crippen molar-refractivity contribution in [1.29, 1.82) is 0 Å². The second-order valence-electron chi connectivity index (χ2n) is 7.96. The summed E-state index contributed by atoms with van der Waals surface area (Å²) in [6, 6.07) is 18.2. The number of hydrogen-bond acceptors (Lipinski definition) is 5. The molecule has 1 heterocycles. The zero-order valence-electron chi connectivity index (χ0n) is 18.5. The Morgan fingerprint density at radius 1 is 1.06 bits per heavy atom. The van der Waals surface area contributed by atoms with Crippen molar-refractivity contribution in [3.63, 3.8) is 0 Å². The van der Waals surface area contributed by atoms with E-state index in [1.54, 1.807) is 30.3 Å². The Morgan fingerprint density at radius 3 is 2.54 bits per heavy atom. The number of carbonyl (C=O) groups is 2. The van der Waals surface area contributed by atoms with Gasteiger partial charge in [0, 0.05) is 15.8 Å². The van der Waals surface area contributed by atoms with Gasteiger partial charge in [-0.1, -0.05) is 30.3 Å². The van der Waals surface area contributed by atoms with Crippen LogP contribution in [0.1, 0.15) is 23.6 Å². The van der Waals surface area contributed by atoms with Gasteiger partial charge in [0.25, 0.3) is 5.91 Å². The summed E-state index contributed by atoms with van der Waals surface area (Å²) >= 11 is 2.12. The molecule has 0 bridgehead atoms. The molecule has 0 spiro atoms. The van der Waals surface area contributed by atoms with E-state index >= 15 is 0 Å². The number of nitrogens with one attached hydrogen (secondary N) is 1. The molecule has 1 aliphatic heterocycles. The lowest BCUT2D eigenvalue weighted by molar-refractivity contribution is -0.148. The van der Waals surface area contributed by atoms with Crippen LogP contribution in [0.2, 0.25) is 0 Å². The van der Waals surface area contributed by atoms with Gasteiger partial charge in [0.15, 0.2) is 6.61 Å². The zero-order chi connectivity index (χ0) is 25.0. The number of ether oxygens (including phenoxy) is 1. The lowest BCUT2D eigenvalue weighted by atomic mass is 9.92. The SMILES string of the molecule is O=C(COC(=O)CC1c2ccccc2CCN1S(=O)(=O)c1ccc(F)cc1)Nc1cccc(I)c1. The van der Waals surface area contributed by atoms with E-state index in [2.05, 4.69) is 27.9 Å². The number of esters is 1. The summed E-state index contributed by atoms with van der Waals surface area (Å²) in [7, 11) is -4.01. The van der Waals surface area contributed by atoms with Crippen molar-refractivity contribution < 1.29 is 27.1 Å². The van der Waals surface area contributed by atoms with Gasteiger partial charge in [-0.05, 0) is 82.6 Å². The molecule has 0 fully saturated rings. The molecule has 1 unspecified atom stereocenters. The van der Waals surface area contributed by atoms with Crippen LogP contribution in [0.15, 0.2) is 77.7 Å². The summed E-state index contributed by atoms with van der Waals surface area (Å²) in [4.78, 5) is 24.9. The number of amides is 1. The van der Waals surface area contributed by atoms with Crippen LogP contribution < -0.4 is 5.32 Å². The number of hydrogen-bond donors (Lipinski definition) is 1. The molecule has 7 nitrogen and oxygen atoms in total. The first-order chi connectivity index (χ1) is 16.7. The highest BCUT2D eigenvalue weighted by molar-refractivity contribution is 14.1. The van der Waals surface area contributed by atoms with Gasteiger partial charge in [0.05, 0.1) is 17.4 Å². The quantitative estimate of drug-likeness (QED) is 0.319. The van der Waals surface area contributed by atoms with Crippen LogP contribution in [0.3, 0.4) is 0 Å².